The number of azide groups is 1. The average Bonchev–Trinajstić information content (AvgIpc) is 2.75. The number of rotatable bonds is 6. The molecule has 1 aliphatic rings. The molecule has 2 N–H and O–H groups in total. The van der Waals surface area contributed by atoms with E-state index in [1.807, 2.05) is 27.7 Å². The Hall–Kier alpha value is -1.64. The highest BCUT2D eigenvalue weighted by molar-refractivity contribution is 6.62. The molecular formula is C15H23BN4O4. The van der Waals surface area contributed by atoms with E-state index >= 15 is 0 Å². The minimum atomic E-state index is -1.13. The Kier molecular flexibility index (Phi) is 5.52. The molecule has 0 bridgehead atoms. The zero-order chi connectivity index (χ0) is 18.0. The predicted octanol–water partition coefficient (Wildman–Crippen LogP) is 1.48. The molecule has 1 saturated heterocycles. The van der Waals surface area contributed by atoms with E-state index in [4.69, 9.17) is 14.8 Å². The first-order valence-electron chi connectivity index (χ1n) is 7.85. The summed E-state index contributed by atoms with van der Waals surface area (Å²) in [6.45, 7) is 7.94. The second-order valence-corrected chi connectivity index (χ2v) is 6.90. The SMILES string of the molecule is CC1(C)OB(c2cncc(C(O)C(O)CCN=[N+]=[N-])c2)OC1(C)C. The van der Waals surface area contributed by atoms with Crippen LogP contribution in [0.5, 0.6) is 0 Å². The Morgan fingerprint density at radius 3 is 2.46 bits per heavy atom. The number of aliphatic hydroxyl groups excluding tert-OH is 2. The molecule has 0 saturated carbocycles. The van der Waals surface area contributed by atoms with Crippen molar-refractivity contribution in [2.24, 2.45) is 5.11 Å². The molecule has 130 valence electrons. The van der Waals surface area contributed by atoms with Crippen molar-refractivity contribution in [1.29, 1.82) is 0 Å². The molecule has 1 aromatic heterocycles. The molecular weight excluding hydrogens is 311 g/mol. The number of nitrogens with zero attached hydrogens (tertiary/aromatic N) is 4. The summed E-state index contributed by atoms with van der Waals surface area (Å²) in [5, 5.41) is 23.6. The fourth-order valence-electron chi connectivity index (χ4n) is 2.36. The molecule has 24 heavy (non-hydrogen) atoms. The van der Waals surface area contributed by atoms with Crippen LogP contribution in [0, 0.1) is 0 Å². The Morgan fingerprint density at radius 2 is 1.88 bits per heavy atom. The minimum absolute atomic E-state index is 0.110. The molecule has 2 unspecified atom stereocenters. The molecule has 1 aromatic rings. The summed E-state index contributed by atoms with van der Waals surface area (Å²) in [5.41, 5.74) is 8.44. The van der Waals surface area contributed by atoms with Crippen LogP contribution in [0.1, 0.15) is 45.8 Å². The third-order valence-corrected chi connectivity index (χ3v) is 4.60. The first kappa shape index (κ1) is 18.7. The van der Waals surface area contributed by atoms with E-state index in [9.17, 15) is 10.2 Å². The van der Waals surface area contributed by atoms with Crippen molar-refractivity contribution in [3.8, 4) is 0 Å². The van der Waals surface area contributed by atoms with Gasteiger partial charge < -0.3 is 19.5 Å². The molecule has 0 spiro atoms. The standard InChI is InChI=1S/C15H23BN4O4/c1-14(2)15(3,4)24-16(23-14)11-7-10(8-18-9-11)13(22)12(21)5-6-19-20-17/h7-9,12-13,21-22H,5-6H2,1-4H3. The van der Waals surface area contributed by atoms with Crippen molar-refractivity contribution in [1.82, 2.24) is 4.98 Å². The summed E-state index contributed by atoms with van der Waals surface area (Å²) in [4.78, 5) is 6.73. The van der Waals surface area contributed by atoms with Crippen LogP contribution in [0.2, 0.25) is 0 Å². The Bertz CT molecular complexity index is 618. The molecule has 1 fully saturated rings. The van der Waals surface area contributed by atoms with Gasteiger partial charge in [-0.05, 0) is 39.6 Å². The van der Waals surface area contributed by atoms with Gasteiger partial charge in [-0.3, -0.25) is 4.98 Å². The van der Waals surface area contributed by atoms with Crippen LogP contribution in [0.3, 0.4) is 0 Å². The molecule has 2 atom stereocenters. The lowest BCUT2D eigenvalue weighted by molar-refractivity contribution is 0.00578. The van der Waals surface area contributed by atoms with Gasteiger partial charge in [0.05, 0.1) is 17.3 Å². The number of pyridine rings is 1. The van der Waals surface area contributed by atoms with Gasteiger partial charge in [0.15, 0.2) is 0 Å². The Morgan fingerprint density at radius 1 is 1.25 bits per heavy atom. The second-order valence-electron chi connectivity index (χ2n) is 6.90. The van der Waals surface area contributed by atoms with Crippen LogP contribution >= 0.6 is 0 Å². The smallest absolute Gasteiger partial charge is 0.399 e. The molecule has 0 aromatic carbocycles. The molecule has 2 rings (SSSR count). The van der Waals surface area contributed by atoms with Gasteiger partial charge >= 0.3 is 7.12 Å². The van der Waals surface area contributed by atoms with Gasteiger partial charge in [0.2, 0.25) is 0 Å². The van der Waals surface area contributed by atoms with Gasteiger partial charge in [-0.15, -0.1) is 0 Å². The van der Waals surface area contributed by atoms with Crippen molar-refractivity contribution in [2.45, 2.75) is 57.5 Å². The summed E-state index contributed by atoms with van der Waals surface area (Å²) in [7, 11) is -0.588. The maximum absolute atomic E-state index is 10.3. The highest BCUT2D eigenvalue weighted by atomic mass is 16.7. The lowest BCUT2D eigenvalue weighted by atomic mass is 9.79. The summed E-state index contributed by atoms with van der Waals surface area (Å²) < 4.78 is 11.9. The van der Waals surface area contributed by atoms with Crippen molar-refractivity contribution in [3.05, 3.63) is 34.5 Å². The third-order valence-electron chi connectivity index (χ3n) is 4.60. The first-order chi connectivity index (χ1) is 11.2. The maximum Gasteiger partial charge on any atom is 0.496 e. The molecule has 0 amide bonds. The first-order valence-corrected chi connectivity index (χ1v) is 7.85. The van der Waals surface area contributed by atoms with Crippen molar-refractivity contribution < 1.29 is 19.5 Å². The Balaban J connectivity index is 2.13. The molecule has 0 radical (unpaired) electrons. The van der Waals surface area contributed by atoms with Crippen LogP contribution in [0.4, 0.5) is 0 Å². The summed E-state index contributed by atoms with van der Waals surface area (Å²) in [5.74, 6) is 0. The van der Waals surface area contributed by atoms with Crippen molar-refractivity contribution in [2.75, 3.05) is 6.54 Å². The number of aliphatic hydroxyl groups is 2. The van der Waals surface area contributed by atoms with E-state index in [-0.39, 0.29) is 13.0 Å². The normalized spacial score (nSPS) is 21.2. The summed E-state index contributed by atoms with van der Waals surface area (Å²) in [6.07, 6.45) is 1.08. The predicted molar refractivity (Wildman–Crippen MR) is 89.5 cm³/mol. The summed E-state index contributed by atoms with van der Waals surface area (Å²) >= 11 is 0. The van der Waals surface area contributed by atoms with Gasteiger partial charge in [0.1, 0.15) is 6.10 Å². The van der Waals surface area contributed by atoms with Crippen LogP contribution < -0.4 is 5.46 Å². The lowest BCUT2D eigenvalue weighted by Crippen LogP contribution is -2.41. The average molecular weight is 334 g/mol. The molecule has 8 nitrogen and oxygen atoms in total. The van der Waals surface area contributed by atoms with E-state index in [0.29, 0.717) is 11.0 Å². The zero-order valence-electron chi connectivity index (χ0n) is 14.4. The van der Waals surface area contributed by atoms with Gasteiger partial charge in [-0.25, -0.2) is 0 Å². The quantitative estimate of drug-likeness (QED) is 0.353. The molecule has 9 heteroatoms. The van der Waals surface area contributed by atoms with Gasteiger partial charge in [0, 0.05) is 34.9 Å². The topological polar surface area (TPSA) is 121 Å². The minimum Gasteiger partial charge on any atom is -0.399 e. The van der Waals surface area contributed by atoms with E-state index in [1.165, 1.54) is 6.20 Å². The molecule has 0 aliphatic carbocycles. The highest BCUT2D eigenvalue weighted by Gasteiger charge is 2.51. The molecule has 2 heterocycles. The van der Waals surface area contributed by atoms with Crippen LogP contribution in [-0.2, 0) is 9.31 Å². The zero-order valence-corrected chi connectivity index (χ0v) is 14.4. The van der Waals surface area contributed by atoms with E-state index in [2.05, 4.69) is 15.0 Å². The third kappa shape index (κ3) is 3.88. The second kappa shape index (κ2) is 7.08. The van der Waals surface area contributed by atoms with Crippen LogP contribution in [-0.4, -0.2) is 46.2 Å². The number of hydrogen-bond donors (Lipinski definition) is 2. The number of aromatic nitrogens is 1. The van der Waals surface area contributed by atoms with E-state index < -0.39 is 30.5 Å². The lowest BCUT2D eigenvalue weighted by Gasteiger charge is -2.32. The largest absolute Gasteiger partial charge is 0.496 e. The van der Waals surface area contributed by atoms with E-state index in [1.54, 1.807) is 12.3 Å². The van der Waals surface area contributed by atoms with Crippen LogP contribution in [0.25, 0.3) is 10.4 Å². The maximum atomic E-state index is 10.3. The van der Waals surface area contributed by atoms with Gasteiger partial charge in [-0.2, -0.15) is 0 Å². The highest BCUT2D eigenvalue weighted by Crippen LogP contribution is 2.36. The fraction of sp³-hybridized carbons (Fsp3) is 0.667. The van der Waals surface area contributed by atoms with Gasteiger partial charge in [-0.1, -0.05) is 11.2 Å². The fourth-order valence-corrected chi connectivity index (χ4v) is 2.36. The van der Waals surface area contributed by atoms with Crippen LogP contribution in [0.15, 0.2) is 23.6 Å². The summed E-state index contributed by atoms with van der Waals surface area (Å²) in [6, 6.07) is 1.70. The van der Waals surface area contributed by atoms with Crippen molar-refractivity contribution in [3.63, 3.8) is 0 Å². The number of hydrogen-bond acceptors (Lipinski definition) is 6. The molecule has 1 aliphatic heterocycles. The monoisotopic (exact) mass is 334 g/mol. The van der Waals surface area contributed by atoms with E-state index in [0.717, 1.165) is 0 Å². The van der Waals surface area contributed by atoms with Crippen molar-refractivity contribution >= 4 is 12.6 Å². The Labute approximate surface area is 141 Å². The van der Waals surface area contributed by atoms with Gasteiger partial charge in [0.25, 0.3) is 0 Å².